The third kappa shape index (κ3) is 11.5. The Morgan fingerprint density at radius 1 is 1.00 bits per heavy atom. The second-order valence-electron chi connectivity index (χ2n) is 5.32. The fraction of sp³-hybridized carbons (Fsp3) is 0.500. The maximum atomic E-state index is 11.3. The van der Waals surface area contributed by atoms with Crippen LogP contribution in [0.1, 0.15) is 53.4 Å². The minimum Gasteiger partial charge on any atom is -0.458 e. The molecule has 0 radical (unpaired) electrons. The predicted molar refractivity (Wildman–Crippen MR) is 86.6 cm³/mol. The summed E-state index contributed by atoms with van der Waals surface area (Å²) in [4.78, 5) is 11.3. The van der Waals surface area contributed by atoms with Gasteiger partial charge in [-0.05, 0) is 53.4 Å². The van der Waals surface area contributed by atoms with E-state index >= 15 is 0 Å². The van der Waals surface area contributed by atoms with E-state index in [1.54, 1.807) is 12.2 Å². The highest BCUT2D eigenvalue weighted by atomic mass is 16.5. The standard InChI is InChI=1S/C18H28O2/c1-6-13-20-18(19)14-17(5)12-8-11-16(4)10-7-9-15(2)3/h6,9,11,14H,1,7-8,10,12-13H2,2-5H3/b16-11+,17-14+. The van der Waals surface area contributed by atoms with E-state index in [1.165, 1.54) is 11.1 Å². The Hall–Kier alpha value is -1.57. The van der Waals surface area contributed by atoms with Gasteiger partial charge >= 0.3 is 5.97 Å². The second kappa shape index (κ2) is 11.3. The molecule has 0 aliphatic carbocycles. The molecule has 0 aliphatic heterocycles. The smallest absolute Gasteiger partial charge is 0.331 e. The number of ether oxygens (including phenoxy) is 1. The van der Waals surface area contributed by atoms with Crippen molar-refractivity contribution < 1.29 is 9.53 Å². The summed E-state index contributed by atoms with van der Waals surface area (Å²) in [6.45, 7) is 12.1. The van der Waals surface area contributed by atoms with E-state index < -0.39 is 0 Å². The molecular weight excluding hydrogens is 248 g/mol. The zero-order valence-corrected chi connectivity index (χ0v) is 13.4. The Balaban J connectivity index is 4.02. The van der Waals surface area contributed by atoms with Crippen LogP contribution >= 0.6 is 0 Å². The Kier molecular flexibility index (Phi) is 10.4. The topological polar surface area (TPSA) is 26.3 Å². The maximum Gasteiger partial charge on any atom is 0.331 e. The van der Waals surface area contributed by atoms with Gasteiger partial charge in [0, 0.05) is 6.08 Å². The van der Waals surface area contributed by atoms with Crippen LogP contribution in [0.5, 0.6) is 0 Å². The highest BCUT2D eigenvalue weighted by Gasteiger charge is 1.98. The van der Waals surface area contributed by atoms with Gasteiger partial charge in [0.25, 0.3) is 0 Å². The van der Waals surface area contributed by atoms with Gasteiger partial charge in [-0.15, -0.1) is 0 Å². The molecule has 2 nitrogen and oxygen atoms in total. The number of hydrogen-bond acceptors (Lipinski definition) is 2. The van der Waals surface area contributed by atoms with Crippen molar-refractivity contribution in [3.05, 3.63) is 47.6 Å². The average molecular weight is 276 g/mol. The molecule has 0 rings (SSSR count). The Morgan fingerprint density at radius 3 is 2.20 bits per heavy atom. The average Bonchev–Trinajstić information content (AvgIpc) is 2.35. The molecule has 0 amide bonds. The van der Waals surface area contributed by atoms with E-state index in [0.717, 1.165) is 31.3 Å². The molecule has 0 atom stereocenters. The first-order chi connectivity index (χ1) is 9.45. The SMILES string of the molecule is C=CCOC(=O)/C=C(\C)CC/C=C(\C)CCC=C(C)C. The molecule has 20 heavy (non-hydrogen) atoms. The van der Waals surface area contributed by atoms with Gasteiger partial charge in [-0.25, -0.2) is 4.79 Å². The predicted octanol–water partition coefficient (Wildman–Crippen LogP) is 5.13. The zero-order chi connectivity index (χ0) is 15.4. The van der Waals surface area contributed by atoms with Crippen LogP contribution in [0, 0.1) is 0 Å². The van der Waals surface area contributed by atoms with E-state index in [4.69, 9.17) is 4.74 Å². The molecule has 0 aromatic rings. The highest BCUT2D eigenvalue weighted by molar-refractivity contribution is 5.82. The first-order valence-electron chi connectivity index (χ1n) is 7.19. The third-order valence-electron chi connectivity index (χ3n) is 2.83. The third-order valence-corrected chi connectivity index (χ3v) is 2.83. The van der Waals surface area contributed by atoms with Gasteiger partial charge in [0.15, 0.2) is 0 Å². The molecule has 0 spiro atoms. The van der Waals surface area contributed by atoms with Crippen LogP contribution in [0.4, 0.5) is 0 Å². The van der Waals surface area contributed by atoms with Crippen molar-refractivity contribution >= 4 is 5.97 Å². The van der Waals surface area contributed by atoms with Crippen LogP contribution in [0.15, 0.2) is 47.6 Å². The normalized spacial score (nSPS) is 12.0. The Morgan fingerprint density at radius 2 is 1.60 bits per heavy atom. The lowest BCUT2D eigenvalue weighted by Gasteiger charge is -2.02. The van der Waals surface area contributed by atoms with E-state index in [9.17, 15) is 4.79 Å². The van der Waals surface area contributed by atoms with Crippen molar-refractivity contribution in [2.75, 3.05) is 6.61 Å². The van der Waals surface area contributed by atoms with Crippen LogP contribution < -0.4 is 0 Å². The first-order valence-corrected chi connectivity index (χ1v) is 7.19. The number of esters is 1. The van der Waals surface area contributed by atoms with E-state index in [1.807, 2.05) is 6.92 Å². The van der Waals surface area contributed by atoms with Crippen molar-refractivity contribution in [1.29, 1.82) is 0 Å². The van der Waals surface area contributed by atoms with Gasteiger partial charge in [0.1, 0.15) is 6.61 Å². The molecule has 0 aromatic carbocycles. The minimum absolute atomic E-state index is 0.270. The second-order valence-corrected chi connectivity index (χ2v) is 5.32. The summed E-state index contributed by atoms with van der Waals surface area (Å²) in [5.74, 6) is -0.286. The van der Waals surface area contributed by atoms with Gasteiger partial charge in [0.2, 0.25) is 0 Å². The fourth-order valence-electron chi connectivity index (χ4n) is 1.69. The molecule has 0 saturated carbocycles. The number of rotatable bonds is 9. The molecule has 0 N–H and O–H groups in total. The molecule has 0 aliphatic rings. The van der Waals surface area contributed by atoms with Crippen LogP contribution in [-0.4, -0.2) is 12.6 Å². The van der Waals surface area contributed by atoms with Crippen molar-refractivity contribution in [2.45, 2.75) is 53.4 Å². The molecule has 0 heterocycles. The first kappa shape index (κ1) is 18.4. The quantitative estimate of drug-likeness (QED) is 0.331. The molecule has 0 aromatic heterocycles. The van der Waals surface area contributed by atoms with Crippen molar-refractivity contribution in [3.63, 3.8) is 0 Å². The number of allylic oxidation sites excluding steroid dienone is 5. The summed E-state index contributed by atoms with van der Waals surface area (Å²) in [6.07, 6.45) is 11.7. The summed E-state index contributed by atoms with van der Waals surface area (Å²) >= 11 is 0. The molecule has 0 fully saturated rings. The molecule has 112 valence electrons. The lowest BCUT2D eigenvalue weighted by Crippen LogP contribution is -2.01. The summed E-state index contributed by atoms with van der Waals surface area (Å²) in [5, 5.41) is 0. The fourth-order valence-corrected chi connectivity index (χ4v) is 1.69. The molecule has 0 saturated heterocycles. The summed E-state index contributed by atoms with van der Waals surface area (Å²) in [5.41, 5.74) is 3.83. The molecule has 2 heteroatoms. The van der Waals surface area contributed by atoms with Crippen LogP contribution in [0.2, 0.25) is 0 Å². The van der Waals surface area contributed by atoms with Crippen LogP contribution in [0.25, 0.3) is 0 Å². The monoisotopic (exact) mass is 276 g/mol. The molecule has 0 unspecified atom stereocenters. The van der Waals surface area contributed by atoms with E-state index in [-0.39, 0.29) is 12.6 Å². The summed E-state index contributed by atoms with van der Waals surface area (Å²) in [6, 6.07) is 0. The number of carbonyl (C=O) groups is 1. The largest absolute Gasteiger partial charge is 0.458 e. The van der Waals surface area contributed by atoms with Crippen LogP contribution in [0.3, 0.4) is 0 Å². The van der Waals surface area contributed by atoms with Crippen molar-refractivity contribution in [3.8, 4) is 0 Å². The Labute approximate surface area is 123 Å². The van der Waals surface area contributed by atoms with Gasteiger partial charge in [-0.1, -0.05) is 41.5 Å². The van der Waals surface area contributed by atoms with Gasteiger partial charge < -0.3 is 4.74 Å². The zero-order valence-electron chi connectivity index (χ0n) is 13.4. The molecular formula is C18H28O2. The van der Waals surface area contributed by atoms with E-state index in [0.29, 0.717) is 0 Å². The lowest BCUT2D eigenvalue weighted by atomic mass is 10.1. The van der Waals surface area contributed by atoms with Gasteiger partial charge in [-0.3, -0.25) is 0 Å². The minimum atomic E-state index is -0.286. The number of hydrogen-bond donors (Lipinski definition) is 0. The number of carbonyl (C=O) groups excluding carboxylic acids is 1. The maximum absolute atomic E-state index is 11.3. The van der Waals surface area contributed by atoms with Gasteiger partial charge in [-0.2, -0.15) is 0 Å². The van der Waals surface area contributed by atoms with Gasteiger partial charge in [0.05, 0.1) is 0 Å². The Bertz CT molecular complexity index is 394. The van der Waals surface area contributed by atoms with Crippen molar-refractivity contribution in [1.82, 2.24) is 0 Å². The summed E-state index contributed by atoms with van der Waals surface area (Å²) < 4.78 is 4.91. The highest BCUT2D eigenvalue weighted by Crippen LogP contribution is 2.11. The molecule has 0 bridgehead atoms. The van der Waals surface area contributed by atoms with Crippen LogP contribution in [-0.2, 0) is 9.53 Å². The van der Waals surface area contributed by atoms with Crippen molar-refractivity contribution in [2.24, 2.45) is 0 Å². The van der Waals surface area contributed by atoms with E-state index in [2.05, 4.69) is 39.5 Å². The lowest BCUT2D eigenvalue weighted by molar-refractivity contribution is -0.136. The summed E-state index contributed by atoms with van der Waals surface area (Å²) in [7, 11) is 0.